The smallest absolute Gasteiger partial charge is 0.237 e. The zero-order valence-corrected chi connectivity index (χ0v) is 16.9. The van der Waals surface area contributed by atoms with E-state index in [4.69, 9.17) is 0 Å². The molecule has 0 bridgehead atoms. The van der Waals surface area contributed by atoms with Gasteiger partial charge in [-0.1, -0.05) is 12.1 Å². The molecule has 3 rings (SSSR count). The summed E-state index contributed by atoms with van der Waals surface area (Å²) >= 11 is 0. The molecule has 0 amide bonds. The second-order valence-corrected chi connectivity index (χ2v) is 9.84. The van der Waals surface area contributed by atoms with Crippen molar-refractivity contribution in [3.8, 4) is 22.4 Å². The fourth-order valence-electron chi connectivity index (χ4n) is 2.60. The molecule has 0 saturated carbocycles. The summed E-state index contributed by atoms with van der Waals surface area (Å²) in [7, 11) is -3.48. The molecule has 8 heteroatoms. The van der Waals surface area contributed by atoms with Crippen LogP contribution in [0.1, 0.15) is 20.8 Å². The summed E-state index contributed by atoms with van der Waals surface area (Å²) in [5.41, 5.74) is 3.99. The first kappa shape index (κ1) is 20.0. The third kappa shape index (κ3) is 4.23. The maximum Gasteiger partial charge on any atom is 0.237 e. The number of nitrogens with zero attached hydrogens (tertiary/aromatic N) is 3. The molecule has 2 N–H and O–H groups in total. The van der Waals surface area contributed by atoms with Gasteiger partial charge >= 0.3 is 0 Å². The van der Waals surface area contributed by atoms with Gasteiger partial charge < -0.3 is 5.11 Å². The molecule has 0 aliphatic carbocycles. The van der Waals surface area contributed by atoms with Crippen LogP contribution in [0, 0.1) is 0 Å². The molecule has 28 heavy (non-hydrogen) atoms. The average molecular weight is 401 g/mol. The average Bonchev–Trinajstić information content (AvgIpc) is 3.06. The predicted octanol–water partition coefficient (Wildman–Crippen LogP) is 3.14. The number of pyridine rings is 1. The van der Waals surface area contributed by atoms with Crippen LogP contribution in [0.25, 0.3) is 22.4 Å². The number of sulfonamides is 1. The Morgan fingerprint density at radius 3 is 2.25 bits per heavy atom. The molecule has 0 radical (unpaired) electrons. The van der Waals surface area contributed by atoms with Crippen molar-refractivity contribution in [2.75, 3.05) is 11.3 Å². The summed E-state index contributed by atoms with van der Waals surface area (Å²) in [5, 5.41) is 13.8. The molecule has 3 aromatic rings. The summed E-state index contributed by atoms with van der Waals surface area (Å²) in [5.74, 6) is 0. The van der Waals surface area contributed by atoms with Gasteiger partial charge in [0.25, 0.3) is 0 Å². The number of hydrogen-bond acceptors (Lipinski definition) is 5. The first-order chi connectivity index (χ1) is 13.2. The number of nitrogens with one attached hydrogen (secondary N) is 1. The van der Waals surface area contributed by atoms with E-state index in [-0.39, 0.29) is 6.61 Å². The molecule has 1 aromatic carbocycles. The van der Waals surface area contributed by atoms with Crippen molar-refractivity contribution in [2.45, 2.75) is 32.1 Å². The van der Waals surface area contributed by atoms with Crippen LogP contribution in [0.3, 0.4) is 0 Å². The van der Waals surface area contributed by atoms with Crippen molar-refractivity contribution in [1.29, 1.82) is 0 Å². The molecule has 0 aliphatic heterocycles. The lowest BCUT2D eigenvalue weighted by Crippen LogP contribution is -2.33. The molecule has 2 aromatic heterocycles. The van der Waals surface area contributed by atoms with Crippen molar-refractivity contribution in [3.63, 3.8) is 0 Å². The van der Waals surface area contributed by atoms with Crippen LogP contribution < -0.4 is 4.72 Å². The van der Waals surface area contributed by atoms with E-state index in [0.29, 0.717) is 12.2 Å². The van der Waals surface area contributed by atoms with E-state index in [1.807, 2.05) is 30.5 Å². The number of aromatic nitrogens is 3. The molecule has 0 spiro atoms. The Balaban J connectivity index is 1.96. The summed E-state index contributed by atoms with van der Waals surface area (Å²) < 4.78 is 28.1. The quantitative estimate of drug-likeness (QED) is 0.662. The van der Waals surface area contributed by atoms with E-state index in [2.05, 4.69) is 14.8 Å². The highest BCUT2D eigenvalue weighted by Crippen LogP contribution is 2.32. The Labute approximate surface area is 165 Å². The molecular formula is C20H24N4O3S. The fourth-order valence-corrected chi connectivity index (χ4v) is 3.35. The zero-order chi connectivity index (χ0) is 20.4. The second kappa shape index (κ2) is 7.73. The van der Waals surface area contributed by atoms with Gasteiger partial charge in [-0.15, -0.1) is 0 Å². The third-order valence-electron chi connectivity index (χ3n) is 4.30. The maximum absolute atomic E-state index is 12.3. The van der Waals surface area contributed by atoms with Gasteiger partial charge in [-0.25, -0.2) is 8.42 Å². The van der Waals surface area contributed by atoms with Gasteiger partial charge in [-0.3, -0.25) is 14.4 Å². The molecule has 0 unspecified atom stereocenters. The molecule has 148 valence electrons. The lowest BCUT2D eigenvalue weighted by molar-refractivity contribution is 0.269. The van der Waals surface area contributed by atoms with Crippen LogP contribution in [-0.2, 0) is 16.6 Å². The van der Waals surface area contributed by atoms with E-state index in [0.717, 1.165) is 22.4 Å². The number of aliphatic hydroxyl groups excluding tert-OH is 1. The number of hydrogen-bond donors (Lipinski definition) is 2. The van der Waals surface area contributed by atoms with E-state index in [1.54, 1.807) is 50.0 Å². The van der Waals surface area contributed by atoms with Gasteiger partial charge in [0, 0.05) is 35.4 Å². The van der Waals surface area contributed by atoms with E-state index < -0.39 is 14.8 Å². The normalized spacial score (nSPS) is 12.1. The summed E-state index contributed by atoms with van der Waals surface area (Å²) in [6.07, 6.45) is 5.28. The number of aliphatic hydroxyl groups is 1. The van der Waals surface area contributed by atoms with Crippen LogP contribution >= 0.6 is 0 Å². The second-order valence-electron chi connectivity index (χ2n) is 7.41. The highest BCUT2D eigenvalue weighted by Gasteiger charge is 2.28. The first-order valence-electron chi connectivity index (χ1n) is 8.93. The van der Waals surface area contributed by atoms with Gasteiger partial charge in [0.05, 0.1) is 17.9 Å². The van der Waals surface area contributed by atoms with Gasteiger partial charge in [0.1, 0.15) is 5.69 Å². The Kier molecular flexibility index (Phi) is 5.53. The van der Waals surface area contributed by atoms with Crippen molar-refractivity contribution < 1.29 is 13.5 Å². The van der Waals surface area contributed by atoms with Crippen molar-refractivity contribution in [1.82, 2.24) is 14.8 Å². The van der Waals surface area contributed by atoms with E-state index >= 15 is 0 Å². The van der Waals surface area contributed by atoms with Gasteiger partial charge in [-0.2, -0.15) is 5.10 Å². The predicted molar refractivity (Wildman–Crippen MR) is 110 cm³/mol. The molecule has 0 atom stereocenters. The van der Waals surface area contributed by atoms with Crippen molar-refractivity contribution in [2.24, 2.45) is 0 Å². The lowest BCUT2D eigenvalue weighted by Gasteiger charge is -2.20. The Hall–Kier alpha value is -2.71. The number of anilines is 1. The minimum atomic E-state index is -3.48. The molecule has 0 saturated heterocycles. The highest BCUT2D eigenvalue weighted by atomic mass is 32.2. The molecular weight excluding hydrogens is 376 g/mol. The van der Waals surface area contributed by atoms with Gasteiger partial charge in [-0.05, 0) is 50.6 Å². The van der Waals surface area contributed by atoms with Gasteiger partial charge in [0.2, 0.25) is 10.0 Å². The largest absolute Gasteiger partial charge is 0.394 e. The standard InChI is InChI=1S/C20H24N4O3S/c1-20(2,3)28(26,27)23-17-6-4-15(5-7-17)18-14-24(12-13-25)22-19(18)16-8-10-21-11-9-16/h4-11,14,23,25H,12-13H2,1-3H3. The highest BCUT2D eigenvalue weighted by molar-refractivity contribution is 7.94. The molecule has 7 nitrogen and oxygen atoms in total. The SMILES string of the molecule is CC(C)(C)S(=O)(=O)Nc1ccc(-c2cn(CCO)nc2-c2ccncc2)cc1. The zero-order valence-electron chi connectivity index (χ0n) is 16.1. The number of benzene rings is 1. The Bertz CT molecular complexity index is 1040. The summed E-state index contributed by atoms with van der Waals surface area (Å²) in [6, 6.07) is 10.9. The molecule has 0 aliphatic rings. The van der Waals surface area contributed by atoms with E-state index in [1.165, 1.54) is 0 Å². The Morgan fingerprint density at radius 1 is 1.04 bits per heavy atom. The topological polar surface area (TPSA) is 97.1 Å². The van der Waals surface area contributed by atoms with Crippen LogP contribution in [0.4, 0.5) is 5.69 Å². The molecule has 0 fully saturated rings. The minimum absolute atomic E-state index is 0.00950. The van der Waals surface area contributed by atoms with Crippen molar-refractivity contribution in [3.05, 3.63) is 55.0 Å². The third-order valence-corrected chi connectivity index (χ3v) is 6.42. The minimum Gasteiger partial charge on any atom is -0.394 e. The van der Waals surface area contributed by atoms with Crippen molar-refractivity contribution >= 4 is 15.7 Å². The lowest BCUT2D eigenvalue weighted by atomic mass is 10.0. The number of rotatable bonds is 6. The summed E-state index contributed by atoms with van der Waals surface area (Å²) in [4.78, 5) is 4.04. The maximum atomic E-state index is 12.3. The van der Waals surface area contributed by atoms with E-state index in [9.17, 15) is 13.5 Å². The first-order valence-corrected chi connectivity index (χ1v) is 10.4. The van der Waals surface area contributed by atoms with Crippen LogP contribution in [0.5, 0.6) is 0 Å². The summed E-state index contributed by atoms with van der Waals surface area (Å²) in [6.45, 7) is 5.34. The monoisotopic (exact) mass is 400 g/mol. The molecule has 2 heterocycles. The van der Waals surface area contributed by atoms with Crippen LogP contribution in [-0.4, -0.2) is 39.6 Å². The Morgan fingerprint density at radius 2 is 1.68 bits per heavy atom. The fraction of sp³-hybridized carbons (Fsp3) is 0.300. The van der Waals surface area contributed by atoms with Crippen LogP contribution in [0.2, 0.25) is 0 Å². The van der Waals surface area contributed by atoms with Crippen LogP contribution in [0.15, 0.2) is 55.0 Å². The van der Waals surface area contributed by atoms with Gasteiger partial charge in [0.15, 0.2) is 0 Å².